The first-order valence-corrected chi connectivity index (χ1v) is 7.24. The molecule has 0 fully saturated rings. The second-order valence-corrected chi connectivity index (χ2v) is 6.11. The van der Waals surface area contributed by atoms with Crippen molar-refractivity contribution in [2.75, 3.05) is 5.75 Å². The topological polar surface area (TPSA) is 45.8 Å². The van der Waals surface area contributed by atoms with Crippen molar-refractivity contribution >= 4 is 11.8 Å². The molecule has 0 aliphatic carbocycles. The Bertz CT molecular complexity index is 424. The molecule has 0 aliphatic rings. The minimum Gasteiger partial charge on any atom is -0.310 e. The summed E-state index contributed by atoms with van der Waals surface area (Å²) in [6.45, 7) is 10.3. The fraction of sp³-hybridized carbons (Fsp3) is 0.692. The van der Waals surface area contributed by atoms with Crippen LogP contribution in [0.4, 0.5) is 0 Å². The van der Waals surface area contributed by atoms with Gasteiger partial charge >= 0.3 is 0 Å². The molecule has 0 spiro atoms. The molecule has 0 saturated heterocycles. The average molecular weight is 254 g/mol. The van der Waals surface area contributed by atoms with Crippen molar-refractivity contribution in [3.05, 3.63) is 27.4 Å². The number of aryl methyl sites for hydroxylation is 1. The lowest BCUT2D eigenvalue weighted by Crippen LogP contribution is -2.19. The van der Waals surface area contributed by atoms with Crippen molar-refractivity contribution in [3.63, 3.8) is 0 Å². The Kier molecular flexibility index (Phi) is 5.25. The van der Waals surface area contributed by atoms with E-state index in [1.165, 1.54) is 0 Å². The molecule has 0 aliphatic heterocycles. The van der Waals surface area contributed by atoms with E-state index >= 15 is 0 Å². The van der Waals surface area contributed by atoms with Crippen molar-refractivity contribution < 1.29 is 0 Å². The van der Waals surface area contributed by atoms with Crippen LogP contribution in [0, 0.1) is 12.8 Å². The van der Waals surface area contributed by atoms with Gasteiger partial charge in [0.2, 0.25) is 0 Å². The molecular weight excluding hydrogens is 232 g/mol. The summed E-state index contributed by atoms with van der Waals surface area (Å²) in [6.07, 6.45) is 0. The molecule has 96 valence electrons. The van der Waals surface area contributed by atoms with Gasteiger partial charge in [-0.3, -0.25) is 4.79 Å². The molecular formula is C13H22N2OS. The van der Waals surface area contributed by atoms with E-state index in [1.807, 2.05) is 32.5 Å². The van der Waals surface area contributed by atoms with E-state index in [0.29, 0.717) is 5.92 Å². The molecule has 3 nitrogen and oxygen atoms in total. The number of nitrogens with one attached hydrogen (secondary N) is 1. The van der Waals surface area contributed by atoms with E-state index in [0.717, 1.165) is 28.6 Å². The predicted molar refractivity (Wildman–Crippen MR) is 74.7 cm³/mol. The van der Waals surface area contributed by atoms with Gasteiger partial charge in [0.15, 0.2) is 0 Å². The summed E-state index contributed by atoms with van der Waals surface area (Å²) in [6, 6.07) is 0. The standard InChI is InChI=1S/C13H22N2OS/c1-8(2)6-17-7-11-14-10(5)12(9(3)4)13(16)15-11/h8-9H,6-7H2,1-5H3,(H,14,15,16). The molecule has 1 aromatic heterocycles. The Hall–Kier alpha value is -0.770. The van der Waals surface area contributed by atoms with Crippen molar-refractivity contribution in [2.45, 2.75) is 46.3 Å². The third kappa shape index (κ3) is 4.19. The lowest BCUT2D eigenvalue weighted by molar-refractivity contribution is 0.749. The number of aromatic amines is 1. The first-order valence-electron chi connectivity index (χ1n) is 6.09. The SMILES string of the molecule is Cc1nc(CSCC(C)C)[nH]c(=O)c1C(C)C. The smallest absolute Gasteiger partial charge is 0.254 e. The monoisotopic (exact) mass is 254 g/mol. The molecule has 0 radical (unpaired) electrons. The quantitative estimate of drug-likeness (QED) is 0.878. The van der Waals surface area contributed by atoms with Crippen LogP contribution in [0.2, 0.25) is 0 Å². The third-order valence-electron chi connectivity index (χ3n) is 2.46. The van der Waals surface area contributed by atoms with Gasteiger partial charge in [0, 0.05) is 11.3 Å². The van der Waals surface area contributed by atoms with Crippen LogP contribution < -0.4 is 5.56 Å². The highest BCUT2D eigenvalue weighted by atomic mass is 32.2. The largest absolute Gasteiger partial charge is 0.310 e. The van der Waals surface area contributed by atoms with Crippen LogP contribution in [0.3, 0.4) is 0 Å². The second-order valence-electron chi connectivity index (χ2n) is 5.08. The molecule has 0 unspecified atom stereocenters. The van der Waals surface area contributed by atoms with Gasteiger partial charge in [0.1, 0.15) is 5.82 Å². The Labute approximate surface area is 107 Å². The van der Waals surface area contributed by atoms with Gasteiger partial charge in [0.25, 0.3) is 5.56 Å². The minimum absolute atomic E-state index is 0.0210. The maximum atomic E-state index is 11.9. The Morgan fingerprint density at radius 3 is 2.41 bits per heavy atom. The highest BCUT2D eigenvalue weighted by molar-refractivity contribution is 7.98. The van der Waals surface area contributed by atoms with Gasteiger partial charge in [0.05, 0.1) is 5.75 Å². The minimum atomic E-state index is 0.0210. The van der Waals surface area contributed by atoms with E-state index in [2.05, 4.69) is 23.8 Å². The van der Waals surface area contributed by atoms with Gasteiger partial charge in [-0.2, -0.15) is 11.8 Å². The predicted octanol–water partition coefficient (Wildman–Crippen LogP) is 3.09. The fourth-order valence-electron chi connectivity index (χ4n) is 1.79. The number of hydrogen-bond acceptors (Lipinski definition) is 3. The summed E-state index contributed by atoms with van der Waals surface area (Å²) in [5.74, 6) is 3.57. The first-order chi connectivity index (χ1) is 7.91. The molecule has 0 amide bonds. The maximum Gasteiger partial charge on any atom is 0.254 e. The lowest BCUT2D eigenvalue weighted by Gasteiger charge is -2.10. The molecule has 1 aromatic rings. The van der Waals surface area contributed by atoms with Crippen molar-refractivity contribution in [3.8, 4) is 0 Å². The fourth-order valence-corrected chi connectivity index (χ4v) is 2.71. The molecule has 0 bridgehead atoms. The van der Waals surface area contributed by atoms with E-state index in [4.69, 9.17) is 0 Å². The lowest BCUT2D eigenvalue weighted by atomic mass is 10.0. The zero-order chi connectivity index (χ0) is 13.0. The summed E-state index contributed by atoms with van der Waals surface area (Å²) in [5.41, 5.74) is 1.69. The summed E-state index contributed by atoms with van der Waals surface area (Å²) in [7, 11) is 0. The van der Waals surface area contributed by atoms with Crippen LogP contribution in [-0.2, 0) is 5.75 Å². The molecule has 0 saturated carbocycles. The highest BCUT2D eigenvalue weighted by Crippen LogP contribution is 2.15. The number of rotatable bonds is 5. The summed E-state index contributed by atoms with van der Waals surface area (Å²) >= 11 is 1.81. The zero-order valence-corrected chi connectivity index (χ0v) is 12.1. The van der Waals surface area contributed by atoms with Gasteiger partial charge in [-0.25, -0.2) is 4.98 Å². The first kappa shape index (κ1) is 14.3. The van der Waals surface area contributed by atoms with Gasteiger partial charge < -0.3 is 4.98 Å². The maximum absolute atomic E-state index is 11.9. The molecule has 17 heavy (non-hydrogen) atoms. The van der Waals surface area contributed by atoms with Gasteiger partial charge in [-0.05, 0) is 24.5 Å². The number of thioether (sulfide) groups is 1. The molecule has 0 aromatic carbocycles. The second kappa shape index (κ2) is 6.24. The van der Waals surface area contributed by atoms with E-state index < -0.39 is 0 Å². The highest BCUT2D eigenvalue weighted by Gasteiger charge is 2.11. The van der Waals surface area contributed by atoms with Crippen LogP contribution in [0.5, 0.6) is 0 Å². The average Bonchev–Trinajstić information content (AvgIpc) is 2.14. The van der Waals surface area contributed by atoms with Crippen molar-refractivity contribution in [2.24, 2.45) is 5.92 Å². The van der Waals surface area contributed by atoms with E-state index in [9.17, 15) is 4.79 Å². The Balaban J connectivity index is 2.80. The molecule has 1 N–H and O–H groups in total. The normalized spacial score (nSPS) is 11.5. The van der Waals surface area contributed by atoms with Crippen LogP contribution in [0.1, 0.15) is 50.7 Å². The number of aromatic nitrogens is 2. The zero-order valence-electron chi connectivity index (χ0n) is 11.3. The van der Waals surface area contributed by atoms with Crippen LogP contribution in [0.15, 0.2) is 4.79 Å². The molecule has 1 heterocycles. The number of hydrogen-bond donors (Lipinski definition) is 1. The number of H-pyrrole nitrogens is 1. The number of nitrogens with zero attached hydrogens (tertiary/aromatic N) is 1. The van der Waals surface area contributed by atoms with Crippen LogP contribution >= 0.6 is 11.8 Å². The third-order valence-corrected chi connectivity index (χ3v) is 3.84. The Morgan fingerprint density at radius 1 is 1.29 bits per heavy atom. The summed E-state index contributed by atoms with van der Waals surface area (Å²) in [4.78, 5) is 19.3. The van der Waals surface area contributed by atoms with E-state index in [-0.39, 0.29) is 11.5 Å². The van der Waals surface area contributed by atoms with Crippen molar-refractivity contribution in [1.82, 2.24) is 9.97 Å². The van der Waals surface area contributed by atoms with Crippen LogP contribution in [-0.4, -0.2) is 15.7 Å². The van der Waals surface area contributed by atoms with Gasteiger partial charge in [-0.1, -0.05) is 27.7 Å². The van der Waals surface area contributed by atoms with Crippen molar-refractivity contribution in [1.29, 1.82) is 0 Å². The molecule has 0 atom stereocenters. The van der Waals surface area contributed by atoms with Gasteiger partial charge in [-0.15, -0.1) is 0 Å². The Morgan fingerprint density at radius 2 is 1.94 bits per heavy atom. The summed E-state index contributed by atoms with van der Waals surface area (Å²) in [5, 5.41) is 0. The molecule has 1 rings (SSSR count). The summed E-state index contributed by atoms with van der Waals surface area (Å²) < 4.78 is 0. The van der Waals surface area contributed by atoms with E-state index in [1.54, 1.807) is 0 Å². The van der Waals surface area contributed by atoms with Crippen LogP contribution in [0.25, 0.3) is 0 Å². The molecule has 4 heteroatoms.